The van der Waals surface area contributed by atoms with Crippen molar-refractivity contribution >= 4 is 25.0 Å². The van der Waals surface area contributed by atoms with Crippen LogP contribution in [0.15, 0.2) is 0 Å². The van der Waals surface area contributed by atoms with E-state index in [0.29, 0.717) is 12.0 Å². The first-order valence-electron chi connectivity index (χ1n) is 5.02. The van der Waals surface area contributed by atoms with Crippen molar-refractivity contribution in [2.24, 2.45) is 0 Å². The van der Waals surface area contributed by atoms with E-state index < -0.39 is 0 Å². The Morgan fingerprint density at radius 3 is 3.21 bits per heavy atom. The van der Waals surface area contributed by atoms with Gasteiger partial charge in [-0.3, -0.25) is 3.97 Å². The van der Waals surface area contributed by atoms with Crippen LogP contribution in [0, 0.1) is 4.77 Å². The summed E-state index contributed by atoms with van der Waals surface area (Å²) in [5, 5.41) is 3.53. The fraction of sp³-hybridized carbons (Fsp3) is 0.667. The molecule has 0 aromatic carbocycles. The molecule has 1 saturated heterocycles. The topological polar surface area (TPSA) is 32.8 Å². The van der Waals surface area contributed by atoms with Crippen LogP contribution in [-0.4, -0.2) is 21.5 Å². The van der Waals surface area contributed by atoms with Gasteiger partial charge in [0.25, 0.3) is 0 Å². The van der Waals surface area contributed by atoms with E-state index in [-0.39, 0.29) is 0 Å². The molecule has 1 aliphatic heterocycles. The Hall–Kier alpha value is -0.260. The second-order valence-corrected chi connectivity index (χ2v) is 4.97. The summed E-state index contributed by atoms with van der Waals surface area (Å²) in [7, 11) is 0. The minimum atomic E-state index is 0.629. The highest BCUT2D eigenvalue weighted by Gasteiger charge is 2.32. The Morgan fingerprint density at radius 1 is 1.50 bits per heavy atom. The first-order valence-corrected chi connectivity index (χ1v) is 5.83. The van der Waals surface area contributed by atoms with E-state index in [1.165, 1.54) is 24.2 Å². The van der Waals surface area contributed by atoms with Crippen LogP contribution in [0.25, 0.3) is 0 Å². The summed E-state index contributed by atoms with van der Waals surface area (Å²) in [6, 6.07) is 0.629. The molecule has 3 nitrogen and oxygen atoms in total. The average Bonchev–Trinajstić information content (AvgIpc) is 2.46. The van der Waals surface area contributed by atoms with Crippen molar-refractivity contribution in [2.45, 2.75) is 31.2 Å². The zero-order chi connectivity index (χ0) is 9.71. The highest BCUT2D eigenvalue weighted by Crippen LogP contribution is 2.35. The number of imidazole rings is 1. The molecule has 5 heteroatoms. The van der Waals surface area contributed by atoms with Crippen molar-refractivity contribution in [2.75, 3.05) is 6.54 Å². The lowest BCUT2D eigenvalue weighted by Crippen LogP contribution is -2.42. The molecule has 1 fully saturated rings. The molecule has 14 heavy (non-hydrogen) atoms. The molecule has 1 aromatic rings. The van der Waals surface area contributed by atoms with Crippen molar-refractivity contribution < 1.29 is 0 Å². The number of hydrogen-bond acceptors (Lipinski definition) is 3. The lowest BCUT2D eigenvalue weighted by Gasteiger charge is -2.34. The number of hydrogen-bond donors (Lipinski definition) is 3. The smallest absolute Gasteiger partial charge is 0.187 e. The van der Waals surface area contributed by atoms with Gasteiger partial charge in [-0.15, -0.1) is 0 Å². The number of nitrogens with one attached hydrogen (secondary N) is 2. The normalized spacial score (nSPS) is 30.1. The second kappa shape index (κ2) is 3.12. The van der Waals surface area contributed by atoms with Gasteiger partial charge in [-0.2, -0.15) is 0 Å². The Kier molecular flexibility index (Phi) is 2.00. The van der Waals surface area contributed by atoms with Crippen LogP contribution >= 0.6 is 25.0 Å². The SMILES string of the molecule is S=c1[nH]c2c(n1S)CC1CC2CCN1. The third kappa shape index (κ3) is 1.19. The highest BCUT2D eigenvalue weighted by molar-refractivity contribution is 7.79. The van der Waals surface area contributed by atoms with Gasteiger partial charge in [0.1, 0.15) is 0 Å². The number of nitrogens with zero attached hydrogens (tertiary/aromatic N) is 1. The van der Waals surface area contributed by atoms with E-state index in [9.17, 15) is 0 Å². The van der Waals surface area contributed by atoms with Crippen LogP contribution in [-0.2, 0) is 6.42 Å². The third-order valence-electron chi connectivity index (χ3n) is 3.34. The zero-order valence-corrected chi connectivity index (χ0v) is 9.50. The van der Waals surface area contributed by atoms with E-state index in [1.54, 1.807) is 0 Å². The number of H-pyrrole nitrogens is 1. The fourth-order valence-corrected chi connectivity index (χ4v) is 3.13. The quantitative estimate of drug-likeness (QED) is 0.465. The first-order chi connectivity index (χ1) is 6.75. The molecule has 3 rings (SSSR count). The Morgan fingerprint density at radius 2 is 2.36 bits per heavy atom. The molecule has 2 atom stereocenters. The molecular weight excluding hydrogens is 214 g/mol. The number of aromatic nitrogens is 2. The molecule has 76 valence electrons. The molecule has 0 saturated carbocycles. The maximum atomic E-state index is 5.19. The van der Waals surface area contributed by atoms with Crippen LogP contribution in [0.3, 0.4) is 0 Å². The van der Waals surface area contributed by atoms with Gasteiger partial charge in [0.2, 0.25) is 0 Å². The summed E-state index contributed by atoms with van der Waals surface area (Å²) in [6.07, 6.45) is 3.52. The minimum Gasteiger partial charge on any atom is -0.333 e. The summed E-state index contributed by atoms with van der Waals surface area (Å²) in [6.45, 7) is 1.13. The van der Waals surface area contributed by atoms with Crippen molar-refractivity contribution in [3.63, 3.8) is 0 Å². The molecule has 2 N–H and O–H groups in total. The summed E-state index contributed by atoms with van der Waals surface area (Å²) in [5.41, 5.74) is 2.62. The number of thiol groups is 1. The molecule has 1 aromatic heterocycles. The van der Waals surface area contributed by atoms with Gasteiger partial charge >= 0.3 is 0 Å². The predicted molar refractivity (Wildman–Crippen MR) is 61.5 cm³/mol. The first kappa shape index (κ1) is 9.00. The molecule has 2 heterocycles. The molecule has 0 radical (unpaired) electrons. The summed E-state index contributed by atoms with van der Waals surface area (Å²) < 4.78 is 2.57. The lowest BCUT2D eigenvalue weighted by molar-refractivity contribution is 0.332. The Bertz CT molecular complexity index is 420. The molecule has 2 bridgehead atoms. The van der Waals surface area contributed by atoms with Crippen molar-refractivity contribution in [3.05, 3.63) is 16.2 Å². The van der Waals surface area contributed by atoms with Gasteiger partial charge in [0.15, 0.2) is 4.77 Å². The van der Waals surface area contributed by atoms with E-state index in [4.69, 9.17) is 12.2 Å². The van der Waals surface area contributed by atoms with Crippen molar-refractivity contribution in [1.82, 2.24) is 14.3 Å². The molecule has 2 aliphatic rings. The van der Waals surface area contributed by atoms with Crippen LogP contribution < -0.4 is 5.32 Å². The van der Waals surface area contributed by atoms with Crippen molar-refractivity contribution in [3.8, 4) is 0 Å². The number of fused-ring (bicyclic) bond motifs is 4. The Labute approximate surface area is 93.4 Å². The van der Waals surface area contributed by atoms with Crippen LogP contribution in [0.4, 0.5) is 0 Å². The van der Waals surface area contributed by atoms with E-state index in [2.05, 4.69) is 23.1 Å². The van der Waals surface area contributed by atoms with Gasteiger partial charge in [0, 0.05) is 24.1 Å². The number of rotatable bonds is 0. The largest absolute Gasteiger partial charge is 0.333 e. The standard InChI is InChI=1S/C9H13N3S2/c13-9-11-8-5-1-2-10-6(3-5)4-7(8)12(9)14/h5-6,10,14H,1-4H2,(H,11,13). The van der Waals surface area contributed by atoms with E-state index in [1.807, 2.05) is 3.97 Å². The number of piperidine rings is 1. The molecule has 2 unspecified atom stereocenters. The van der Waals surface area contributed by atoms with Gasteiger partial charge in [-0.05, 0) is 31.6 Å². The lowest BCUT2D eigenvalue weighted by atomic mass is 9.81. The average molecular weight is 227 g/mol. The molecule has 0 spiro atoms. The second-order valence-electron chi connectivity index (χ2n) is 4.18. The fourth-order valence-electron chi connectivity index (χ4n) is 2.67. The van der Waals surface area contributed by atoms with E-state index >= 15 is 0 Å². The monoisotopic (exact) mass is 227 g/mol. The summed E-state index contributed by atoms with van der Waals surface area (Å²) >= 11 is 9.59. The van der Waals surface area contributed by atoms with Gasteiger partial charge in [-0.1, -0.05) is 12.8 Å². The summed E-state index contributed by atoms with van der Waals surface area (Å²) in [5.74, 6) is 0.667. The maximum absolute atomic E-state index is 5.19. The molecular formula is C9H13N3S2. The predicted octanol–water partition coefficient (Wildman–Crippen LogP) is 1.63. The van der Waals surface area contributed by atoms with Crippen LogP contribution in [0.1, 0.15) is 30.1 Å². The molecule has 0 amide bonds. The Balaban J connectivity index is 2.15. The number of aromatic amines is 1. The third-order valence-corrected chi connectivity index (χ3v) is 4.20. The van der Waals surface area contributed by atoms with Gasteiger partial charge in [0.05, 0.1) is 5.69 Å². The summed E-state index contributed by atoms with van der Waals surface area (Å²) in [4.78, 5) is 3.29. The van der Waals surface area contributed by atoms with Gasteiger partial charge in [-0.25, -0.2) is 0 Å². The molecule has 1 aliphatic carbocycles. The van der Waals surface area contributed by atoms with Crippen LogP contribution in [0.2, 0.25) is 0 Å². The minimum absolute atomic E-state index is 0.629. The van der Waals surface area contributed by atoms with Crippen LogP contribution in [0.5, 0.6) is 0 Å². The highest BCUT2D eigenvalue weighted by atomic mass is 32.1. The maximum Gasteiger partial charge on any atom is 0.187 e. The zero-order valence-electron chi connectivity index (χ0n) is 7.79. The van der Waals surface area contributed by atoms with Crippen molar-refractivity contribution in [1.29, 1.82) is 0 Å². The van der Waals surface area contributed by atoms with E-state index in [0.717, 1.165) is 17.7 Å². The van der Waals surface area contributed by atoms with Gasteiger partial charge < -0.3 is 10.3 Å².